The molecule has 26 heavy (non-hydrogen) atoms. The number of hydrogen-bond acceptors (Lipinski definition) is 2. The number of halogens is 2. The maximum atomic E-state index is 14.3. The summed E-state index contributed by atoms with van der Waals surface area (Å²) in [7, 11) is 0. The molecular weight excluding hydrogens is 334 g/mol. The summed E-state index contributed by atoms with van der Waals surface area (Å²) in [5, 5.41) is 0. The van der Waals surface area contributed by atoms with Gasteiger partial charge in [0.15, 0.2) is 6.29 Å². The largest absolute Gasteiger partial charge is 0.314 e. The van der Waals surface area contributed by atoms with E-state index in [1.165, 1.54) is 6.07 Å². The minimum absolute atomic E-state index is 0.0487. The summed E-state index contributed by atoms with van der Waals surface area (Å²) in [6.07, 6.45) is 5.02. The van der Waals surface area contributed by atoms with Crippen LogP contribution < -0.4 is 0 Å². The van der Waals surface area contributed by atoms with Crippen molar-refractivity contribution in [1.82, 2.24) is 4.40 Å². The highest BCUT2D eigenvalue weighted by Gasteiger charge is 2.29. The zero-order valence-electron chi connectivity index (χ0n) is 15.0. The lowest BCUT2D eigenvalue weighted by atomic mass is 9.93. The zero-order chi connectivity index (χ0) is 18.9. The highest BCUT2D eigenvalue weighted by Crippen LogP contribution is 2.41. The normalized spacial score (nSPS) is 12.2. The van der Waals surface area contributed by atoms with Crippen molar-refractivity contribution in [3.63, 3.8) is 0 Å². The molecule has 0 radical (unpaired) electrons. The Morgan fingerprint density at radius 1 is 1.19 bits per heavy atom. The van der Waals surface area contributed by atoms with Crippen LogP contribution in [0.3, 0.4) is 0 Å². The van der Waals surface area contributed by atoms with Gasteiger partial charge in [-0.3, -0.25) is 9.79 Å². The van der Waals surface area contributed by atoms with Gasteiger partial charge in [0.2, 0.25) is 0 Å². The van der Waals surface area contributed by atoms with E-state index in [1.807, 2.05) is 6.92 Å². The molecule has 3 aromatic rings. The average Bonchev–Trinajstić information content (AvgIpc) is 3.03. The van der Waals surface area contributed by atoms with E-state index in [-0.39, 0.29) is 5.56 Å². The summed E-state index contributed by atoms with van der Waals surface area (Å²) < 4.78 is 30.4. The van der Waals surface area contributed by atoms with E-state index in [0.29, 0.717) is 33.6 Å². The van der Waals surface area contributed by atoms with Crippen molar-refractivity contribution >= 4 is 23.7 Å². The molecule has 0 amide bonds. The summed E-state index contributed by atoms with van der Waals surface area (Å²) in [5.41, 5.74) is 3.56. The fourth-order valence-electron chi connectivity index (χ4n) is 3.10. The van der Waals surface area contributed by atoms with Crippen molar-refractivity contribution in [2.24, 2.45) is 4.99 Å². The number of aryl methyl sites for hydroxylation is 1. The fraction of sp³-hybridized carbons (Fsp3) is 0.238. The molecule has 3 nitrogen and oxygen atoms in total. The lowest BCUT2D eigenvalue weighted by Gasteiger charge is -2.19. The minimum atomic E-state index is -3.00. The maximum Gasteiger partial charge on any atom is 0.271 e. The number of carbonyl (C=O) groups excluding carboxylic acids is 1. The highest BCUT2D eigenvalue weighted by molar-refractivity contribution is 5.88. The molecule has 0 saturated heterocycles. The lowest BCUT2D eigenvalue weighted by molar-refractivity contribution is 0.0180. The van der Waals surface area contributed by atoms with Gasteiger partial charge in [0.1, 0.15) is 0 Å². The standard InChI is InChI=1S/C21H20F2N2O/c1-4-9-24-19-12-17(18(11-14(19)2)21(3,22)23)16-6-5-10-25-15(13-26)7-8-20(16)25/h5-13H,4H2,1-3H3. The molecule has 134 valence electrons. The SMILES string of the molecule is CCC=Nc1cc(-c2cccn3c(C=O)ccc23)c(C(C)(F)F)cc1C. The summed E-state index contributed by atoms with van der Waals surface area (Å²) in [6, 6.07) is 10.2. The number of benzene rings is 1. The topological polar surface area (TPSA) is 33.8 Å². The van der Waals surface area contributed by atoms with Crippen molar-refractivity contribution in [2.45, 2.75) is 33.1 Å². The van der Waals surface area contributed by atoms with Gasteiger partial charge in [-0.05, 0) is 54.8 Å². The van der Waals surface area contributed by atoms with Crippen LogP contribution in [0.25, 0.3) is 16.6 Å². The Morgan fingerprint density at radius 2 is 1.96 bits per heavy atom. The van der Waals surface area contributed by atoms with Gasteiger partial charge in [0, 0.05) is 30.5 Å². The van der Waals surface area contributed by atoms with E-state index in [9.17, 15) is 13.6 Å². The second-order valence-electron chi connectivity index (χ2n) is 6.35. The summed E-state index contributed by atoms with van der Waals surface area (Å²) in [5.74, 6) is -3.00. The first-order valence-electron chi connectivity index (χ1n) is 8.48. The lowest BCUT2D eigenvalue weighted by Crippen LogP contribution is -2.10. The molecule has 3 rings (SSSR count). The first-order valence-corrected chi connectivity index (χ1v) is 8.48. The van der Waals surface area contributed by atoms with E-state index in [0.717, 1.165) is 19.6 Å². The molecule has 1 aromatic carbocycles. The third-order valence-corrected chi connectivity index (χ3v) is 4.36. The molecule has 0 spiro atoms. The van der Waals surface area contributed by atoms with Crippen LogP contribution in [0.15, 0.2) is 47.6 Å². The Hall–Kier alpha value is -2.82. The molecule has 0 saturated carbocycles. The van der Waals surface area contributed by atoms with E-state index < -0.39 is 5.92 Å². The van der Waals surface area contributed by atoms with E-state index >= 15 is 0 Å². The number of aldehydes is 1. The third kappa shape index (κ3) is 3.17. The van der Waals surface area contributed by atoms with Crippen LogP contribution in [-0.4, -0.2) is 16.9 Å². The molecule has 0 aliphatic carbocycles. The first-order chi connectivity index (χ1) is 12.4. The van der Waals surface area contributed by atoms with E-state index in [1.54, 1.807) is 54.1 Å². The van der Waals surface area contributed by atoms with Crippen molar-refractivity contribution < 1.29 is 13.6 Å². The van der Waals surface area contributed by atoms with Crippen LogP contribution in [0.4, 0.5) is 14.5 Å². The number of hydrogen-bond donors (Lipinski definition) is 0. The van der Waals surface area contributed by atoms with Gasteiger partial charge in [-0.1, -0.05) is 13.0 Å². The van der Waals surface area contributed by atoms with Gasteiger partial charge in [-0.25, -0.2) is 8.78 Å². The summed E-state index contributed by atoms with van der Waals surface area (Å²) in [6.45, 7) is 4.65. The number of pyridine rings is 1. The van der Waals surface area contributed by atoms with Gasteiger partial charge in [-0.2, -0.15) is 0 Å². The molecule has 0 N–H and O–H groups in total. The number of carbonyl (C=O) groups is 1. The minimum Gasteiger partial charge on any atom is -0.314 e. The number of rotatable bonds is 5. The van der Waals surface area contributed by atoms with E-state index in [4.69, 9.17) is 0 Å². The van der Waals surface area contributed by atoms with Crippen LogP contribution in [0.2, 0.25) is 0 Å². The van der Waals surface area contributed by atoms with Gasteiger partial charge < -0.3 is 4.40 Å². The van der Waals surface area contributed by atoms with Crippen molar-refractivity contribution in [2.75, 3.05) is 0 Å². The smallest absolute Gasteiger partial charge is 0.271 e. The van der Waals surface area contributed by atoms with Gasteiger partial charge in [0.25, 0.3) is 5.92 Å². The molecular formula is C21H20F2N2O. The number of aromatic nitrogens is 1. The molecule has 0 fully saturated rings. The Morgan fingerprint density at radius 3 is 2.62 bits per heavy atom. The summed E-state index contributed by atoms with van der Waals surface area (Å²) >= 11 is 0. The van der Waals surface area contributed by atoms with Crippen molar-refractivity contribution in [1.29, 1.82) is 0 Å². The fourth-order valence-corrected chi connectivity index (χ4v) is 3.10. The number of fused-ring (bicyclic) bond motifs is 1. The van der Waals surface area contributed by atoms with Crippen LogP contribution in [0.5, 0.6) is 0 Å². The predicted molar refractivity (Wildman–Crippen MR) is 101 cm³/mol. The zero-order valence-corrected chi connectivity index (χ0v) is 15.0. The van der Waals surface area contributed by atoms with Crippen molar-refractivity contribution in [3.05, 3.63) is 59.4 Å². The molecule has 0 atom stereocenters. The Kier molecular flexibility index (Phi) is 4.72. The second kappa shape index (κ2) is 6.83. The van der Waals surface area contributed by atoms with Gasteiger partial charge in [-0.15, -0.1) is 0 Å². The molecule has 0 aliphatic heterocycles. The highest BCUT2D eigenvalue weighted by atomic mass is 19.3. The average molecular weight is 354 g/mol. The summed E-state index contributed by atoms with van der Waals surface area (Å²) in [4.78, 5) is 15.6. The van der Waals surface area contributed by atoms with Gasteiger partial charge in [0.05, 0.1) is 16.9 Å². The number of aliphatic imine (C=N–C) groups is 1. The Bertz CT molecular complexity index is 997. The number of nitrogens with zero attached hydrogens (tertiary/aromatic N) is 2. The maximum absolute atomic E-state index is 14.3. The molecule has 2 heterocycles. The third-order valence-electron chi connectivity index (χ3n) is 4.36. The molecule has 2 aromatic heterocycles. The molecule has 0 bridgehead atoms. The Labute approximate surface area is 151 Å². The molecule has 5 heteroatoms. The number of alkyl halides is 2. The van der Waals surface area contributed by atoms with Crippen LogP contribution in [0.1, 0.15) is 41.9 Å². The van der Waals surface area contributed by atoms with Crippen LogP contribution in [-0.2, 0) is 5.92 Å². The van der Waals surface area contributed by atoms with E-state index in [2.05, 4.69) is 4.99 Å². The van der Waals surface area contributed by atoms with Gasteiger partial charge >= 0.3 is 0 Å². The van der Waals surface area contributed by atoms with Crippen molar-refractivity contribution in [3.8, 4) is 11.1 Å². The Balaban J connectivity index is 2.34. The quantitative estimate of drug-likeness (QED) is 0.412. The predicted octanol–water partition coefficient (Wildman–Crippen LogP) is 5.95. The molecule has 0 unspecified atom stereocenters. The van der Waals surface area contributed by atoms with Crippen LogP contribution in [0, 0.1) is 6.92 Å². The van der Waals surface area contributed by atoms with Crippen LogP contribution >= 0.6 is 0 Å². The molecule has 0 aliphatic rings. The first kappa shape index (κ1) is 18.0. The monoisotopic (exact) mass is 354 g/mol. The second-order valence-corrected chi connectivity index (χ2v) is 6.35.